The van der Waals surface area contributed by atoms with Gasteiger partial charge in [0, 0.05) is 38.1 Å². The van der Waals surface area contributed by atoms with E-state index < -0.39 is 5.60 Å². The number of carbonyl (C=O) groups is 1. The maximum absolute atomic E-state index is 11.9. The minimum Gasteiger partial charge on any atom is -0.444 e. The normalized spacial score (nSPS) is 28.4. The third-order valence-corrected chi connectivity index (χ3v) is 3.83. The molecule has 0 aromatic carbocycles. The van der Waals surface area contributed by atoms with Crippen molar-refractivity contribution in [3.05, 3.63) is 0 Å². The van der Waals surface area contributed by atoms with Crippen LogP contribution in [0.3, 0.4) is 0 Å². The van der Waals surface area contributed by atoms with Gasteiger partial charge in [-0.05, 0) is 33.6 Å². The van der Waals surface area contributed by atoms with Gasteiger partial charge in [-0.3, -0.25) is 4.90 Å². The molecule has 2 aliphatic rings. The highest BCUT2D eigenvalue weighted by Crippen LogP contribution is 2.31. The number of hydrogen-bond donors (Lipinski definition) is 0. The second-order valence-electron chi connectivity index (χ2n) is 6.49. The molecule has 2 fully saturated rings. The summed E-state index contributed by atoms with van der Waals surface area (Å²) in [5.74, 6) is 3.28. The molecule has 1 saturated heterocycles. The first kappa shape index (κ1) is 14.2. The topological polar surface area (TPSA) is 32.8 Å². The van der Waals surface area contributed by atoms with Gasteiger partial charge in [-0.15, -0.1) is 12.3 Å². The molecule has 0 N–H and O–H groups in total. The van der Waals surface area contributed by atoms with E-state index in [0.717, 1.165) is 39.0 Å². The van der Waals surface area contributed by atoms with Crippen LogP contribution < -0.4 is 0 Å². The Kier molecular flexibility index (Phi) is 4.05. The lowest BCUT2D eigenvalue weighted by molar-refractivity contribution is 0.00190. The van der Waals surface area contributed by atoms with Gasteiger partial charge in [0.1, 0.15) is 5.60 Å². The summed E-state index contributed by atoms with van der Waals surface area (Å²) >= 11 is 0. The van der Waals surface area contributed by atoms with Gasteiger partial charge in [0.15, 0.2) is 0 Å². The number of piperazine rings is 1. The quantitative estimate of drug-likeness (QED) is 0.679. The van der Waals surface area contributed by atoms with Gasteiger partial charge in [0.25, 0.3) is 0 Å². The van der Waals surface area contributed by atoms with Crippen LogP contribution in [-0.4, -0.2) is 53.7 Å². The predicted octanol–water partition coefficient (Wildman–Crippen LogP) is 1.95. The second-order valence-corrected chi connectivity index (χ2v) is 6.49. The molecule has 1 amide bonds. The Balaban J connectivity index is 1.74. The van der Waals surface area contributed by atoms with E-state index in [1.807, 2.05) is 20.8 Å². The maximum Gasteiger partial charge on any atom is 0.410 e. The van der Waals surface area contributed by atoms with Crippen LogP contribution in [0.25, 0.3) is 0 Å². The highest BCUT2D eigenvalue weighted by molar-refractivity contribution is 5.68. The van der Waals surface area contributed by atoms with Crippen LogP contribution >= 0.6 is 0 Å². The van der Waals surface area contributed by atoms with Crippen molar-refractivity contribution in [3.63, 3.8) is 0 Å². The van der Waals surface area contributed by atoms with E-state index in [0.29, 0.717) is 12.0 Å². The van der Waals surface area contributed by atoms with E-state index >= 15 is 0 Å². The Hall–Kier alpha value is -1.21. The Labute approximate surface area is 116 Å². The minimum atomic E-state index is -0.414. The lowest BCUT2D eigenvalue weighted by Crippen LogP contribution is -2.55. The van der Waals surface area contributed by atoms with Crippen molar-refractivity contribution < 1.29 is 9.53 Å². The summed E-state index contributed by atoms with van der Waals surface area (Å²) in [5, 5.41) is 0. The van der Waals surface area contributed by atoms with E-state index in [4.69, 9.17) is 11.2 Å². The van der Waals surface area contributed by atoms with Crippen LogP contribution in [0.5, 0.6) is 0 Å². The number of ether oxygens (including phenoxy) is 1. The highest BCUT2D eigenvalue weighted by Gasteiger charge is 2.35. The summed E-state index contributed by atoms with van der Waals surface area (Å²) in [4.78, 5) is 16.2. The molecule has 0 atom stereocenters. The fourth-order valence-electron chi connectivity index (χ4n) is 2.62. The van der Waals surface area contributed by atoms with Crippen LogP contribution in [-0.2, 0) is 4.74 Å². The van der Waals surface area contributed by atoms with E-state index in [-0.39, 0.29) is 6.09 Å². The SMILES string of the molecule is C#CC1CC(N2CCN(C(=O)OC(C)(C)C)CC2)C1. The lowest BCUT2D eigenvalue weighted by atomic mass is 9.80. The van der Waals surface area contributed by atoms with Gasteiger partial charge in [0.05, 0.1) is 0 Å². The number of terminal acetylenes is 1. The number of hydrogen-bond acceptors (Lipinski definition) is 3. The fraction of sp³-hybridized carbons (Fsp3) is 0.800. The number of amides is 1. The molecule has 0 bridgehead atoms. The summed E-state index contributed by atoms with van der Waals surface area (Å²) in [5.41, 5.74) is -0.414. The molecule has 0 aromatic heterocycles. The Bertz CT molecular complexity index is 367. The maximum atomic E-state index is 11.9. The van der Waals surface area contributed by atoms with E-state index in [1.54, 1.807) is 4.90 Å². The molecule has 2 rings (SSSR count). The average Bonchev–Trinajstić information content (AvgIpc) is 2.26. The second kappa shape index (κ2) is 5.42. The van der Waals surface area contributed by atoms with Crippen LogP contribution in [0.15, 0.2) is 0 Å². The Morgan fingerprint density at radius 2 is 1.79 bits per heavy atom. The number of rotatable bonds is 1. The van der Waals surface area contributed by atoms with Gasteiger partial charge >= 0.3 is 6.09 Å². The summed E-state index contributed by atoms with van der Waals surface area (Å²) in [6.45, 7) is 9.07. The molecule has 4 nitrogen and oxygen atoms in total. The summed E-state index contributed by atoms with van der Waals surface area (Å²) in [6.07, 6.45) is 7.44. The molecular formula is C15H24N2O2. The Morgan fingerprint density at radius 3 is 2.26 bits per heavy atom. The molecule has 1 saturated carbocycles. The van der Waals surface area contributed by atoms with Gasteiger partial charge in [0.2, 0.25) is 0 Å². The summed E-state index contributed by atoms with van der Waals surface area (Å²) in [7, 11) is 0. The van der Waals surface area contributed by atoms with E-state index in [1.165, 1.54) is 0 Å². The third-order valence-electron chi connectivity index (χ3n) is 3.83. The first-order valence-electron chi connectivity index (χ1n) is 7.07. The molecule has 19 heavy (non-hydrogen) atoms. The molecule has 106 valence electrons. The Morgan fingerprint density at radius 1 is 1.21 bits per heavy atom. The van der Waals surface area contributed by atoms with E-state index in [9.17, 15) is 4.79 Å². The van der Waals surface area contributed by atoms with Crippen molar-refractivity contribution in [1.82, 2.24) is 9.80 Å². The molecule has 0 spiro atoms. The molecule has 0 unspecified atom stereocenters. The van der Waals surface area contributed by atoms with Gasteiger partial charge in [-0.2, -0.15) is 0 Å². The van der Waals surface area contributed by atoms with Gasteiger partial charge in [-0.25, -0.2) is 4.79 Å². The first-order valence-corrected chi connectivity index (χ1v) is 7.07. The monoisotopic (exact) mass is 264 g/mol. The zero-order valence-electron chi connectivity index (χ0n) is 12.2. The van der Waals surface area contributed by atoms with Crippen LogP contribution in [0.4, 0.5) is 4.79 Å². The van der Waals surface area contributed by atoms with Crippen LogP contribution in [0.2, 0.25) is 0 Å². The number of nitrogens with zero attached hydrogens (tertiary/aromatic N) is 2. The lowest BCUT2D eigenvalue weighted by Gasteiger charge is -2.45. The average molecular weight is 264 g/mol. The largest absolute Gasteiger partial charge is 0.444 e. The molecular weight excluding hydrogens is 240 g/mol. The fourth-order valence-corrected chi connectivity index (χ4v) is 2.62. The molecule has 4 heteroatoms. The van der Waals surface area contributed by atoms with E-state index in [2.05, 4.69) is 10.8 Å². The standard InChI is InChI=1S/C15H24N2O2/c1-5-12-10-13(11-12)16-6-8-17(9-7-16)14(18)19-15(2,3)4/h1,12-13H,6-11H2,2-4H3. The minimum absolute atomic E-state index is 0.192. The molecule has 0 aromatic rings. The molecule has 1 aliphatic heterocycles. The molecule has 0 radical (unpaired) electrons. The molecule has 1 heterocycles. The summed E-state index contributed by atoms with van der Waals surface area (Å²) < 4.78 is 5.39. The van der Waals surface area contributed by atoms with Crippen LogP contribution in [0.1, 0.15) is 33.6 Å². The zero-order valence-corrected chi connectivity index (χ0v) is 12.2. The predicted molar refractivity (Wildman–Crippen MR) is 74.7 cm³/mol. The summed E-state index contributed by atoms with van der Waals surface area (Å²) in [6, 6.07) is 0.627. The van der Waals surface area contributed by atoms with Crippen molar-refractivity contribution >= 4 is 6.09 Å². The first-order chi connectivity index (χ1) is 8.89. The van der Waals surface area contributed by atoms with Crippen LogP contribution in [0, 0.1) is 18.3 Å². The van der Waals surface area contributed by atoms with Gasteiger partial charge < -0.3 is 9.64 Å². The van der Waals surface area contributed by atoms with Crippen molar-refractivity contribution in [1.29, 1.82) is 0 Å². The van der Waals surface area contributed by atoms with Gasteiger partial charge in [-0.1, -0.05) is 0 Å². The van der Waals surface area contributed by atoms with Crippen molar-refractivity contribution in [2.24, 2.45) is 5.92 Å². The highest BCUT2D eigenvalue weighted by atomic mass is 16.6. The zero-order chi connectivity index (χ0) is 14.0. The van der Waals surface area contributed by atoms with Crippen molar-refractivity contribution in [3.8, 4) is 12.3 Å². The number of carbonyl (C=O) groups excluding carboxylic acids is 1. The smallest absolute Gasteiger partial charge is 0.410 e. The van der Waals surface area contributed by atoms with Crippen molar-refractivity contribution in [2.45, 2.75) is 45.3 Å². The van der Waals surface area contributed by atoms with Crippen molar-refractivity contribution in [2.75, 3.05) is 26.2 Å². The molecule has 1 aliphatic carbocycles. The third kappa shape index (κ3) is 3.63.